The fourth-order valence-corrected chi connectivity index (χ4v) is 2.67. The molecule has 1 aromatic heterocycles. The minimum Gasteiger partial charge on any atom is -0.394 e. The quantitative estimate of drug-likeness (QED) is 0.671. The summed E-state index contributed by atoms with van der Waals surface area (Å²) in [6.45, 7) is -0.209. The van der Waals surface area contributed by atoms with E-state index in [0.717, 1.165) is 10.1 Å². The third-order valence-corrected chi connectivity index (χ3v) is 3.90. The Hall–Kier alpha value is -2.26. The Morgan fingerprint density at radius 1 is 1.21 bits per heavy atom. The maximum atomic E-state index is 12.0. The fraction of sp³-hybridized carbons (Fsp3) is 0.375. The van der Waals surface area contributed by atoms with E-state index in [0.29, 0.717) is 0 Å². The highest BCUT2D eigenvalue weighted by Gasteiger charge is 2.45. The molecule has 3 rings (SSSR count). The molecule has 1 aromatic carbocycles. The first-order valence-corrected chi connectivity index (χ1v) is 7.51. The minimum absolute atomic E-state index is 0.207. The number of hydrogen-bond acceptors (Lipinski definition) is 6. The Bertz CT molecular complexity index is 787. The van der Waals surface area contributed by atoms with E-state index in [1.54, 1.807) is 0 Å². The lowest BCUT2D eigenvalue weighted by atomic mass is 10.1. The van der Waals surface area contributed by atoms with Crippen LogP contribution in [-0.4, -0.2) is 44.7 Å². The van der Waals surface area contributed by atoms with E-state index in [9.17, 15) is 19.8 Å². The molecule has 1 saturated heterocycles. The maximum Gasteiger partial charge on any atom is 0.330 e. The summed E-state index contributed by atoms with van der Waals surface area (Å²) < 4.78 is 12.4. The molecule has 0 amide bonds. The highest BCUT2D eigenvalue weighted by Crippen LogP contribution is 2.31. The molecule has 8 heteroatoms. The maximum absolute atomic E-state index is 12.0. The van der Waals surface area contributed by atoms with Crippen molar-refractivity contribution in [2.45, 2.75) is 31.1 Å². The molecule has 0 saturated carbocycles. The molecule has 0 bridgehead atoms. The molecule has 0 radical (unpaired) electrons. The Balaban J connectivity index is 1.85. The SMILES string of the molecule is O=c1ccn([C@H]2O[C@@H](CO)C(O)C2OCc2ccccc2)c(=O)[nH]1. The second-order valence-electron chi connectivity index (χ2n) is 5.52. The van der Waals surface area contributed by atoms with E-state index in [2.05, 4.69) is 4.98 Å². The van der Waals surface area contributed by atoms with Crippen molar-refractivity contribution in [1.82, 2.24) is 9.55 Å². The van der Waals surface area contributed by atoms with Gasteiger partial charge in [0.1, 0.15) is 18.3 Å². The number of hydrogen-bond donors (Lipinski definition) is 3. The standard InChI is InChI=1S/C16H18N2O6/c19-8-11-13(21)14(23-9-10-4-2-1-3-5-10)15(24-11)18-7-6-12(20)17-16(18)22/h1-7,11,13-15,19,21H,8-9H2,(H,17,20,22)/t11-,13?,14?,15-/m0/s1. The van der Waals surface area contributed by atoms with Crippen LogP contribution in [0.4, 0.5) is 0 Å². The zero-order chi connectivity index (χ0) is 17.1. The van der Waals surface area contributed by atoms with Crippen molar-refractivity contribution in [2.24, 2.45) is 0 Å². The van der Waals surface area contributed by atoms with E-state index in [1.165, 1.54) is 12.3 Å². The van der Waals surface area contributed by atoms with Gasteiger partial charge in [0, 0.05) is 12.3 Å². The minimum atomic E-state index is -1.11. The molecule has 24 heavy (non-hydrogen) atoms. The van der Waals surface area contributed by atoms with Gasteiger partial charge in [-0.25, -0.2) is 4.79 Å². The molecule has 1 fully saturated rings. The summed E-state index contributed by atoms with van der Waals surface area (Å²) in [6, 6.07) is 10.5. The number of aromatic amines is 1. The Kier molecular flexibility index (Phi) is 4.91. The molecule has 0 spiro atoms. The number of aromatic nitrogens is 2. The Morgan fingerprint density at radius 2 is 1.96 bits per heavy atom. The highest BCUT2D eigenvalue weighted by atomic mass is 16.6. The van der Waals surface area contributed by atoms with Gasteiger partial charge in [-0.1, -0.05) is 30.3 Å². The van der Waals surface area contributed by atoms with Crippen LogP contribution in [0, 0.1) is 0 Å². The van der Waals surface area contributed by atoms with E-state index in [-0.39, 0.29) is 6.61 Å². The zero-order valence-corrected chi connectivity index (χ0v) is 12.7. The molecule has 1 aliphatic rings. The lowest BCUT2D eigenvalue weighted by Gasteiger charge is -2.22. The van der Waals surface area contributed by atoms with Crippen LogP contribution < -0.4 is 11.2 Å². The second kappa shape index (κ2) is 7.10. The summed E-state index contributed by atoms with van der Waals surface area (Å²) in [5.74, 6) is 0. The molecule has 3 N–H and O–H groups in total. The van der Waals surface area contributed by atoms with Gasteiger partial charge in [0.2, 0.25) is 0 Å². The van der Waals surface area contributed by atoms with Crippen molar-refractivity contribution in [3.63, 3.8) is 0 Å². The number of nitrogens with one attached hydrogen (secondary N) is 1. The fourth-order valence-electron chi connectivity index (χ4n) is 2.67. The average Bonchev–Trinajstić information content (AvgIpc) is 2.90. The van der Waals surface area contributed by atoms with Gasteiger partial charge in [-0.2, -0.15) is 0 Å². The third-order valence-electron chi connectivity index (χ3n) is 3.90. The van der Waals surface area contributed by atoms with Crippen LogP contribution >= 0.6 is 0 Å². The number of aliphatic hydroxyl groups is 2. The first-order valence-electron chi connectivity index (χ1n) is 7.51. The topological polar surface area (TPSA) is 114 Å². The van der Waals surface area contributed by atoms with Crippen LogP contribution in [0.2, 0.25) is 0 Å². The predicted molar refractivity (Wildman–Crippen MR) is 83.3 cm³/mol. The van der Waals surface area contributed by atoms with Gasteiger partial charge < -0.3 is 19.7 Å². The molecule has 2 heterocycles. The molecule has 128 valence electrons. The first kappa shape index (κ1) is 16.6. The molecule has 4 atom stereocenters. The number of nitrogens with zero attached hydrogens (tertiary/aromatic N) is 1. The Labute approximate surface area is 136 Å². The molecule has 8 nitrogen and oxygen atoms in total. The van der Waals surface area contributed by atoms with Gasteiger partial charge in [-0.15, -0.1) is 0 Å². The molecule has 2 unspecified atom stereocenters. The average molecular weight is 334 g/mol. The number of ether oxygens (including phenoxy) is 2. The lowest BCUT2D eigenvalue weighted by molar-refractivity contribution is -0.0797. The predicted octanol–water partition coefficient (Wildman–Crippen LogP) is -0.627. The van der Waals surface area contributed by atoms with Crippen LogP contribution in [0.5, 0.6) is 0 Å². The monoisotopic (exact) mass is 334 g/mol. The van der Waals surface area contributed by atoms with Crippen LogP contribution in [0.3, 0.4) is 0 Å². The van der Waals surface area contributed by atoms with Gasteiger partial charge in [0.05, 0.1) is 13.2 Å². The summed E-state index contributed by atoms with van der Waals surface area (Å²) in [5, 5.41) is 19.6. The summed E-state index contributed by atoms with van der Waals surface area (Å²) in [5.41, 5.74) is -0.313. The molecular formula is C16H18N2O6. The van der Waals surface area contributed by atoms with E-state index in [4.69, 9.17) is 9.47 Å². The lowest BCUT2D eigenvalue weighted by Crippen LogP contribution is -2.39. The molecule has 0 aliphatic carbocycles. The number of H-pyrrole nitrogens is 1. The van der Waals surface area contributed by atoms with Crippen molar-refractivity contribution < 1.29 is 19.7 Å². The number of aliphatic hydroxyl groups excluding tert-OH is 2. The van der Waals surface area contributed by atoms with Crippen LogP contribution in [0.1, 0.15) is 11.8 Å². The second-order valence-corrected chi connectivity index (χ2v) is 5.52. The van der Waals surface area contributed by atoms with E-state index >= 15 is 0 Å². The van der Waals surface area contributed by atoms with Crippen LogP contribution in [0.15, 0.2) is 52.2 Å². The van der Waals surface area contributed by atoms with Crippen LogP contribution in [-0.2, 0) is 16.1 Å². The third kappa shape index (κ3) is 3.31. The van der Waals surface area contributed by atoms with Gasteiger partial charge in [0.25, 0.3) is 5.56 Å². The van der Waals surface area contributed by atoms with Gasteiger partial charge in [-0.3, -0.25) is 14.3 Å². The van der Waals surface area contributed by atoms with Crippen molar-refractivity contribution in [1.29, 1.82) is 0 Å². The highest BCUT2D eigenvalue weighted by molar-refractivity contribution is 5.13. The number of benzene rings is 1. The summed E-state index contributed by atoms with van der Waals surface area (Å²) in [6.07, 6.45) is -2.54. The number of rotatable bonds is 5. The smallest absolute Gasteiger partial charge is 0.330 e. The normalized spacial score (nSPS) is 26.6. The van der Waals surface area contributed by atoms with Gasteiger partial charge in [-0.05, 0) is 5.56 Å². The van der Waals surface area contributed by atoms with Crippen molar-refractivity contribution >= 4 is 0 Å². The van der Waals surface area contributed by atoms with Gasteiger partial charge >= 0.3 is 5.69 Å². The van der Waals surface area contributed by atoms with Crippen LogP contribution in [0.25, 0.3) is 0 Å². The zero-order valence-electron chi connectivity index (χ0n) is 12.7. The van der Waals surface area contributed by atoms with E-state index < -0.39 is 42.4 Å². The van der Waals surface area contributed by atoms with Crippen molar-refractivity contribution in [2.75, 3.05) is 6.61 Å². The summed E-state index contributed by atoms with van der Waals surface area (Å²) >= 11 is 0. The van der Waals surface area contributed by atoms with E-state index in [1.807, 2.05) is 30.3 Å². The molecule has 2 aromatic rings. The summed E-state index contributed by atoms with van der Waals surface area (Å²) in [4.78, 5) is 25.3. The molecular weight excluding hydrogens is 316 g/mol. The Morgan fingerprint density at radius 3 is 2.62 bits per heavy atom. The first-order chi connectivity index (χ1) is 11.6. The van der Waals surface area contributed by atoms with Crippen molar-refractivity contribution in [3.05, 3.63) is 69.0 Å². The van der Waals surface area contributed by atoms with Gasteiger partial charge in [0.15, 0.2) is 6.23 Å². The molecule has 1 aliphatic heterocycles. The largest absolute Gasteiger partial charge is 0.394 e. The summed E-state index contributed by atoms with van der Waals surface area (Å²) in [7, 11) is 0. The van der Waals surface area contributed by atoms with Crippen molar-refractivity contribution in [3.8, 4) is 0 Å².